The lowest BCUT2D eigenvalue weighted by Crippen LogP contribution is -2.39. The van der Waals surface area contributed by atoms with Crippen molar-refractivity contribution in [2.75, 3.05) is 0 Å². The Kier molecular flexibility index (Phi) is 3.63. The van der Waals surface area contributed by atoms with Crippen molar-refractivity contribution < 1.29 is 0 Å². The summed E-state index contributed by atoms with van der Waals surface area (Å²) < 4.78 is 0. The molecule has 0 aliphatic rings. The minimum Gasteiger partial charge on any atom is -0.253 e. The van der Waals surface area contributed by atoms with Crippen LogP contribution in [0.2, 0.25) is 19.6 Å². The number of hydrogen-bond donors (Lipinski definition) is 0. The average molecular weight is 269 g/mol. The first-order valence-corrected chi connectivity index (χ1v) is 10.3. The smallest absolute Gasteiger partial charge is 0.0799 e. The third kappa shape index (κ3) is 3.13. The van der Waals surface area contributed by atoms with Crippen molar-refractivity contribution in [3.05, 3.63) is 47.2 Å². The first-order chi connectivity index (χ1) is 8.77. The van der Waals surface area contributed by atoms with E-state index in [4.69, 9.17) is 4.98 Å². The summed E-state index contributed by atoms with van der Waals surface area (Å²) in [6.07, 6.45) is 0. The topological polar surface area (TPSA) is 12.9 Å². The summed E-state index contributed by atoms with van der Waals surface area (Å²) in [7, 11) is -1.29. The second kappa shape index (κ2) is 4.93. The van der Waals surface area contributed by atoms with Crippen LogP contribution in [0.4, 0.5) is 0 Å². The number of hydrogen-bond acceptors (Lipinski definition) is 1. The molecule has 1 heterocycles. The van der Waals surface area contributed by atoms with Crippen molar-refractivity contribution in [1.82, 2.24) is 4.98 Å². The molecule has 2 rings (SSSR count). The highest BCUT2D eigenvalue weighted by atomic mass is 28.3. The Bertz CT molecular complexity index is 589. The molecule has 2 aromatic rings. The van der Waals surface area contributed by atoms with Gasteiger partial charge in [-0.3, -0.25) is 4.98 Å². The molecule has 0 fully saturated rings. The normalized spacial score (nSPS) is 11.7. The number of aromatic nitrogens is 1. The molecule has 100 valence electrons. The number of pyridine rings is 1. The Morgan fingerprint density at radius 2 is 1.42 bits per heavy atom. The van der Waals surface area contributed by atoms with Gasteiger partial charge in [-0.15, -0.1) is 0 Å². The lowest BCUT2D eigenvalue weighted by Gasteiger charge is -2.19. The lowest BCUT2D eigenvalue weighted by atomic mass is 10.0. The Morgan fingerprint density at radius 3 is 1.89 bits per heavy atom. The molecule has 0 aliphatic carbocycles. The average Bonchev–Trinajstić information content (AvgIpc) is 2.25. The van der Waals surface area contributed by atoms with Crippen LogP contribution in [-0.2, 0) is 0 Å². The van der Waals surface area contributed by atoms with Gasteiger partial charge in [-0.05, 0) is 44.2 Å². The number of aryl methyl sites for hydroxylation is 3. The van der Waals surface area contributed by atoms with Crippen molar-refractivity contribution in [3.8, 4) is 11.3 Å². The minimum absolute atomic E-state index is 1.09. The SMILES string of the molecule is Cc1cc(C)cc(-c2ccc([Si](C)(C)C)c(C)n2)c1. The molecule has 0 spiro atoms. The van der Waals surface area contributed by atoms with Gasteiger partial charge in [0, 0.05) is 11.3 Å². The van der Waals surface area contributed by atoms with Gasteiger partial charge in [-0.2, -0.15) is 0 Å². The molecule has 1 nitrogen and oxygen atoms in total. The van der Waals surface area contributed by atoms with E-state index in [-0.39, 0.29) is 0 Å². The predicted octanol–water partition coefficient (Wildman–Crippen LogP) is 4.22. The summed E-state index contributed by atoms with van der Waals surface area (Å²) in [6, 6.07) is 11.1. The Balaban J connectivity index is 2.50. The maximum absolute atomic E-state index is 4.83. The van der Waals surface area contributed by atoms with Crippen molar-refractivity contribution >= 4 is 13.3 Å². The van der Waals surface area contributed by atoms with E-state index in [1.54, 1.807) is 0 Å². The van der Waals surface area contributed by atoms with Crippen LogP contribution in [0, 0.1) is 20.8 Å². The molecule has 0 saturated carbocycles. The van der Waals surface area contributed by atoms with Gasteiger partial charge in [0.15, 0.2) is 0 Å². The number of rotatable bonds is 2. The van der Waals surface area contributed by atoms with Crippen LogP contribution >= 0.6 is 0 Å². The van der Waals surface area contributed by atoms with Crippen molar-refractivity contribution in [3.63, 3.8) is 0 Å². The molecular weight excluding hydrogens is 246 g/mol. The van der Waals surface area contributed by atoms with Crippen LogP contribution < -0.4 is 5.19 Å². The third-order valence-electron chi connectivity index (χ3n) is 3.41. The Morgan fingerprint density at radius 1 is 0.842 bits per heavy atom. The predicted molar refractivity (Wildman–Crippen MR) is 86.9 cm³/mol. The fourth-order valence-electron chi connectivity index (χ4n) is 2.64. The highest BCUT2D eigenvalue weighted by molar-refractivity contribution is 6.89. The van der Waals surface area contributed by atoms with Gasteiger partial charge in [0.1, 0.15) is 0 Å². The summed E-state index contributed by atoms with van der Waals surface area (Å²) in [5.41, 5.74) is 6.09. The fourth-order valence-corrected chi connectivity index (χ4v) is 4.36. The van der Waals surface area contributed by atoms with Gasteiger partial charge in [0.2, 0.25) is 0 Å². The second-order valence-electron chi connectivity index (χ2n) is 6.46. The van der Waals surface area contributed by atoms with Gasteiger partial charge in [-0.1, -0.05) is 42.9 Å². The number of nitrogens with zero attached hydrogens (tertiary/aromatic N) is 1. The lowest BCUT2D eigenvalue weighted by molar-refractivity contribution is 1.21. The Hall–Kier alpha value is -1.41. The summed E-state index contributed by atoms with van der Waals surface area (Å²) in [5.74, 6) is 0. The first kappa shape index (κ1) is 14.0. The molecule has 0 unspecified atom stereocenters. The molecule has 1 aromatic carbocycles. The highest BCUT2D eigenvalue weighted by Crippen LogP contribution is 2.20. The van der Waals surface area contributed by atoms with Gasteiger partial charge >= 0.3 is 0 Å². The van der Waals surface area contributed by atoms with E-state index in [1.165, 1.54) is 27.6 Å². The van der Waals surface area contributed by atoms with E-state index in [2.05, 4.69) is 70.7 Å². The van der Waals surface area contributed by atoms with Crippen LogP contribution in [-0.4, -0.2) is 13.1 Å². The van der Waals surface area contributed by atoms with Gasteiger partial charge in [0.25, 0.3) is 0 Å². The molecule has 0 amide bonds. The molecule has 19 heavy (non-hydrogen) atoms. The summed E-state index contributed by atoms with van der Waals surface area (Å²) >= 11 is 0. The number of benzene rings is 1. The zero-order valence-electron chi connectivity index (χ0n) is 12.8. The molecule has 0 N–H and O–H groups in total. The molecular formula is C17H23NSi. The van der Waals surface area contributed by atoms with Gasteiger partial charge < -0.3 is 0 Å². The van der Waals surface area contributed by atoms with E-state index in [0.717, 1.165) is 5.69 Å². The van der Waals surface area contributed by atoms with Gasteiger partial charge in [-0.25, -0.2) is 0 Å². The van der Waals surface area contributed by atoms with E-state index in [1.807, 2.05) is 0 Å². The minimum atomic E-state index is -1.29. The zero-order valence-corrected chi connectivity index (χ0v) is 13.8. The van der Waals surface area contributed by atoms with E-state index < -0.39 is 8.07 Å². The second-order valence-corrected chi connectivity index (χ2v) is 11.5. The zero-order chi connectivity index (χ0) is 14.2. The van der Waals surface area contributed by atoms with E-state index in [9.17, 15) is 0 Å². The van der Waals surface area contributed by atoms with Crippen LogP contribution in [0.1, 0.15) is 16.8 Å². The molecule has 1 aromatic heterocycles. The fraction of sp³-hybridized carbons (Fsp3) is 0.353. The van der Waals surface area contributed by atoms with E-state index >= 15 is 0 Å². The third-order valence-corrected chi connectivity index (χ3v) is 5.56. The van der Waals surface area contributed by atoms with Gasteiger partial charge in [0.05, 0.1) is 13.8 Å². The van der Waals surface area contributed by atoms with Crippen LogP contribution in [0.3, 0.4) is 0 Å². The molecule has 0 atom stereocenters. The largest absolute Gasteiger partial charge is 0.253 e. The maximum atomic E-state index is 4.83. The molecule has 0 aliphatic heterocycles. The summed E-state index contributed by atoms with van der Waals surface area (Å²) in [4.78, 5) is 4.83. The standard InChI is InChI=1S/C17H23NSi/c1-12-9-13(2)11-15(10-12)16-7-8-17(14(3)18-16)19(4,5)6/h7-11H,1-6H3. The maximum Gasteiger partial charge on any atom is 0.0799 e. The monoisotopic (exact) mass is 269 g/mol. The molecule has 0 radical (unpaired) electrons. The summed E-state index contributed by atoms with van der Waals surface area (Å²) in [6.45, 7) is 13.5. The Labute approximate surface area is 117 Å². The van der Waals surface area contributed by atoms with Crippen LogP contribution in [0.15, 0.2) is 30.3 Å². The molecule has 2 heteroatoms. The quantitative estimate of drug-likeness (QED) is 0.744. The van der Waals surface area contributed by atoms with Crippen molar-refractivity contribution in [1.29, 1.82) is 0 Å². The van der Waals surface area contributed by atoms with E-state index in [0.29, 0.717) is 0 Å². The summed E-state index contributed by atoms with van der Waals surface area (Å²) in [5, 5.41) is 1.46. The van der Waals surface area contributed by atoms with Crippen molar-refractivity contribution in [2.24, 2.45) is 0 Å². The van der Waals surface area contributed by atoms with Crippen LogP contribution in [0.25, 0.3) is 11.3 Å². The van der Waals surface area contributed by atoms with Crippen molar-refractivity contribution in [2.45, 2.75) is 40.4 Å². The highest BCUT2D eigenvalue weighted by Gasteiger charge is 2.19. The molecule has 0 saturated heterocycles. The van der Waals surface area contributed by atoms with Crippen LogP contribution in [0.5, 0.6) is 0 Å². The first-order valence-electron chi connectivity index (χ1n) is 6.84. The molecule has 0 bridgehead atoms.